The Morgan fingerprint density at radius 2 is 2.33 bits per heavy atom. The van der Waals surface area contributed by atoms with E-state index in [4.69, 9.17) is 10.5 Å². The second kappa shape index (κ2) is 5.72. The first-order valence-electron chi connectivity index (χ1n) is 6.86. The summed E-state index contributed by atoms with van der Waals surface area (Å²) in [6.45, 7) is 1.60. The molecule has 1 aromatic heterocycles. The molecule has 0 bridgehead atoms. The van der Waals surface area contributed by atoms with Gasteiger partial charge in [0, 0.05) is 13.1 Å². The van der Waals surface area contributed by atoms with Crippen LogP contribution in [0.15, 0.2) is 29.4 Å². The number of morpholine rings is 1. The predicted octanol–water partition coefficient (Wildman–Crippen LogP) is 0.301. The van der Waals surface area contributed by atoms with Gasteiger partial charge in [-0.2, -0.15) is 4.31 Å². The number of fused-ring (bicyclic) bond motifs is 1. The van der Waals surface area contributed by atoms with Gasteiger partial charge in [-0.05, 0) is 31.2 Å². The Bertz CT molecular complexity index is 726. The predicted molar refractivity (Wildman–Crippen MR) is 78.3 cm³/mol. The molecule has 2 heterocycles. The van der Waals surface area contributed by atoms with E-state index in [9.17, 15) is 8.42 Å². The van der Waals surface area contributed by atoms with Crippen LogP contribution in [0.25, 0.3) is 11.0 Å². The number of imidazole rings is 1. The Morgan fingerprint density at radius 3 is 3.14 bits per heavy atom. The lowest BCUT2D eigenvalue weighted by atomic mass is 10.2. The summed E-state index contributed by atoms with van der Waals surface area (Å²) in [5, 5.41) is 0. The number of aromatic nitrogens is 2. The van der Waals surface area contributed by atoms with E-state index < -0.39 is 10.0 Å². The van der Waals surface area contributed by atoms with Crippen LogP contribution in [-0.2, 0) is 14.8 Å². The van der Waals surface area contributed by atoms with Crippen LogP contribution in [0.1, 0.15) is 6.42 Å². The Kier molecular flexibility index (Phi) is 3.94. The highest BCUT2D eigenvalue weighted by Crippen LogP contribution is 2.22. The van der Waals surface area contributed by atoms with Gasteiger partial charge >= 0.3 is 0 Å². The highest BCUT2D eigenvalue weighted by atomic mass is 32.2. The van der Waals surface area contributed by atoms with Crippen LogP contribution in [0, 0.1) is 0 Å². The zero-order valence-corrected chi connectivity index (χ0v) is 12.3. The van der Waals surface area contributed by atoms with Gasteiger partial charge in [0.2, 0.25) is 10.0 Å². The molecule has 3 rings (SSSR count). The summed E-state index contributed by atoms with van der Waals surface area (Å²) in [5.74, 6) is 0. The van der Waals surface area contributed by atoms with Crippen molar-refractivity contribution in [3.05, 3.63) is 24.5 Å². The van der Waals surface area contributed by atoms with Crippen LogP contribution < -0.4 is 5.73 Å². The van der Waals surface area contributed by atoms with Gasteiger partial charge in [-0.3, -0.25) is 0 Å². The maximum absolute atomic E-state index is 12.7. The van der Waals surface area contributed by atoms with Gasteiger partial charge in [-0.15, -0.1) is 0 Å². The van der Waals surface area contributed by atoms with Crippen LogP contribution in [0.2, 0.25) is 0 Å². The molecular weight excluding hydrogens is 292 g/mol. The van der Waals surface area contributed by atoms with Crippen molar-refractivity contribution in [1.29, 1.82) is 0 Å². The lowest BCUT2D eigenvalue weighted by Gasteiger charge is -2.32. The summed E-state index contributed by atoms with van der Waals surface area (Å²) in [6, 6.07) is 4.91. The molecular formula is C13H18N4O3S. The van der Waals surface area contributed by atoms with Crippen LogP contribution in [0.5, 0.6) is 0 Å². The van der Waals surface area contributed by atoms with E-state index in [1.807, 2.05) is 0 Å². The standard InChI is InChI=1S/C13H18N4O3S/c14-4-3-10-8-17(5-6-20-10)21(18,19)11-1-2-12-13(7-11)16-9-15-12/h1-2,7,9-10H,3-6,8,14H2,(H,15,16)/t10-/m0/s1. The van der Waals surface area contributed by atoms with Crippen molar-refractivity contribution in [2.75, 3.05) is 26.2 Å². The van der Waals surface area contributed by atoms with Gasteiger partial charge in [0.25, 0.3) is 0 Å². The molecule has 0 saturated carbocycles. The SMILES string of the molecule is NCC[C@H]1CN(S(=O)(=O)c2ccc3nc[nH]c3c2)CCO1. The van der Waals surface area contributed by atoms with Crippen molar-refractivity contribution in [2.24, 2.45) is 5.73 Å². The lowest BCUT2D eigenvalue weighted by Crippen LogP contribution is -2.46. The quantitative estimate of drug-likeness (QED) is 0.846. The minimum atomic E-state index is -3.52. The highest BCUT2D eigenvalue weighted by molar-refractivity contribution is 7.89. The molecule has 0 radical (unpaired) electrons. The van der Waals surface area contributed by atoms with E-state index in [1.165, 1.54) is 4.31 Å². The zero-order chi connectivity index (χ0) is 14.9. The Morgan fingerprint density at radius 1 is 1.48 bits per heavy atom. The number of nitrogens with two attached hydrogens (primary N) is 1. The first kappa shape index (κ1) is 14.5. The van der Waals surface area contributed by atoms with Gasteiger partial charge in [0.15, 0.2) is 0 Å². The number of H-pyrrole nitrogens is 1. The number of benzene rings is 1. The molecule has 7 nitrogen and oxygen atoms in total. The molecule has 0 spiro atoms. The van der Waals surface area contributed by atoms with Gasteiger partial charge in [-0.25, -0.2) is 13.4 Å². The van der Waals surface area contributed by atoms with Crippen molar-refractivity contribution < 1.29 is 13.2 Å². The first-order chi connectivity index (χ1) is 10.1. The van der Waals surface area contributed by atoms with Crippen LogP contribution in [0.3, 0.4) is 0 Å². The molecule has 2 aromatic rings. The first-order valence-corrected chi connectivity index (χ1v) is 8.30. The van der Waals surface area contributed by atoms with Crippen molar-refractivity contribution in [1.82, 2.24) is 14.3 Å². The fourth-order valence-corrected chi connectivity index (χ4v) is 3.98. The number of hydrogen-bond acceptors (Lipinski definition) is 5. The van der Waals surface area contributed by atoms with Crippen LogP contribution in [0.4, 0.5) is 0 Å². The van der Waals surface area contributed by atoms with Crippen LogP contribution >= 0.6 is 0 Å². The third-order valence-corrected chi connectivity index (χ3v) is 5.48. The Labute approximate surface area is 123 Å². The number of ether oxygens (including phenoxy) is 1. The topological polar surface area (TPSA) is 101 Å². The third kappa shape index (κ3) is 2.80. The fraction of sp³-hybridized carbons (Fsp3) is 0.462. The molecule has 114 valence electrons. The maximum Gasteiger partial charge on any atom is 0.243 e. The van der Waals surface area contributed by atoms with Crippen molar-refractivity contribution >= 4 is 21.1 Å². The largest absolute Gasteiger partial charge is 0.375 e. The minimum Gasteiger partial charge on any atom is -0.375 e. The van der Waals surface area contributed by atoms with E-state index >= 15 is 0 Å². The molecule has 0 unspecified atom stereocenters. The molecule has 0 aliphatic carbocycles. The summed E-state index contributed by atoms with van der Waals surface area (Å²) >= 11 is 0. The molecule has 1 atom stereocenters. The van der Waals surface area contributed by atoms with E-state index in [0.29, 0.717) is 38.2 Å². The second-order valence-electron chi connectivity index (χ2n) is 5.01. The number of hydrogen-bond donors (Lipinski definition) is 2. The molecule has 1 aliphatic heterocycles. The fourth-order valence-electron chi connectivity index (χ4n) is 2.50. The minimum absolute atomic E-state index is 0.130. The molecule has 1 saturated heterocycles. The van der Waals surface area contributed by atoms with Crippen molar-refractivity contribution in [3.8, 4) is 0 Å². The summed E-state index contributed by atoms with van der Waals surface area (Å²) < 4.78 is 32.4. The normalized spacial score (nSPS) is 20.9. The Hall–Kier alpha value is -1.48. The number of nitrogens with zero attached hydrogens (tertiary/aromatic N) is 2. The Balaban J connectivity index is 1.88. The van der Waals surface area contributed by atoms with E-state index in [0.717, 1.165) is 5.52 Å². The summed E-state index contributed by atoms with van der Waals surface area (Å²) in [5.41, 5.74) is 6.97. The summed E-state index contributed by atoms with van der Waals surface area (Å²) in [6.07, 6.45) is 2.08. The number of aromatic amines is 1. The number of sulfonamides is 1. The second-order valence-corrected chi connectivity index (χ2v) is 6.95. The number of nitrogens with one attached hydrogen (secondary N) is 1. The lowest BCUT2D eigenvalue weighted by molar-refractivity contribution is -0.00405. The molecule has 8 heteroatoms. The monoisotopic (exact) mass is 310 g/mol. The summed E-state index contributed by atoms with van der Waals surface area (Å²) in [4.78, 5) is 7.29. The maximum atomic E-state index is 12.7. The molecule has 21 heavy (non-hydrogen) atoms. The average molecular weight is 310 g/mol. The van der Waals surface area contributed by atoms with Gasteiger partial charge in [-0.1, -0.05) is 0 Å². The molecule has 1 aromatic carbocycles. The van der Waals surface area contributed by atoms with Gasteiger partial charge < -0.3 is 15.5 Å². The molecule has 1 aliphatic rings. The van der Waals surface area contributed by atoms with Crippen molar-refractivity contribution in [2.45, 2.75) is 17.4 Å². The van der Waals surface area contributed by atoms with E-state index in [1.54, 1.807) is 24.5 Å². The van der Waals surface area contributed by atoms with E-state index in [2.05, 4.69) is 9.97 Å². The molecule has 1 fully saturated rings. The zero-order valence-electron chi connectivity index (χ0n) is 11.5. The number of rotatable bonds is 4. The van der Waals surface area contributed by atoms with Gasteiger partial charge in [0.05, 0.1) is 35.0 Å². The molecule has 3 N–H and O–H groups in total. The van der Waals surface area contributed by atoms with E-state index in [-0.39, 0.29) is 11.0 Å². The third-order valence-electron chi connectivity index (χ3n) is 3.62. The summed E-state index contributed by atoms with van der Waals surface area (Å²) in [7, 11) is -3.52. The van der Waals surface area contributed by atoms with Crippen molar-refractivity contribution in [3.63, 3.8) is 0 Å². The molecule has 0 amide bonds. The highest BCUT2D eigenvalue weighted by Gasteiger charge is 2.30. The van der Waals surface area contributed by atoms with Gasteiger partial charge in [0.1, 0.15) is 0 Å². The van der Waals surface area contributed by atoms with Crippen LogP contribution in [-0.4, -0.2) is 55.0 Å². The smallest absolute Gasteiger partial charge is 0.243 e. The average Bonchev–Trinajstić information content (AvgIpc) is 2.95.